The van der Waals surface area contributed by atoms with Gasteiger partial charge in [-0.25, -0.2) is 8.42 Å². The molecule has 152 valence electrons. The Hall–Kier alpha value is -2.07. The molecule has 0 unspecified atom stereocenters. The van der Waals surface area contributed by atoms with Gasteiger partial charge in [0.25, 0.3) is 0 Å². The van der Waals surface area contributed by atoms with Gasteiger partial charge in [0.1, 0.15) is 5.75 Å². The predicted molar refractivity (Wildman–Crippen MR) is 106 cm³/mol. The van der Waals surface area contributed by atoms with E-state index in [2.05, 4.69) is 4.99 Å². The number of hydrogen-bond acceptors (Lipinski definition) is 6. The minimum absolute atomic E-state index is 0.0487. The maximum atomic E-state index is 12.2. The second kappa shape index (κ2) is 8.52. The number of hydrogen-bond donors (Lipinski definition) is 1. The first-order valence-electron chi connectivity index (χ1n) is 8.87. The molecule has 2 heterocycles. The molecular formula is C18H22N2O6S2. The van der Waals surface area contributed by atoms with Gasteiger partial charge in [-0.3, -0.25) is 9.59 Å². The van der Waals surface area contributed by atoms with Crippen LogP contribution < -0.4 is 4.74 Å². The number of amides is 1. The maximum Gasteiger partial charge on any atom is 0.303 e. The zero-order chi connectivity index (χ0) is 20.3. The van der Waals surface area contributed by atoms with E-state index in [-0.39, 0.29) is 48.0 Å². The molecule has 2 aliphatic rings. The van der Waals surface area contributed by atoms with Crippen LogP contribution in [0.15, 0.2) is 29.3 Å². The number of benzene rings is 1. The van der Waals surface area contributed by atoms with Crippen molar-refractivity contribution in [2.75, 3.05) is 18.6 Å². The van der Waals surface area contributed by atoms with Gasteiger partial charge in [0.15, 0.2) is 15.0 Å². The summed E-state index contributed by atoms with van der Waals surface area (Å²) >= 11 is 1.32. The van der Waals surface area contributed by atoms with Gasteiger partial charge in [-0.2, -0.15) is 4.99 Å². The Morgan fingerprint density at radius 1 is 1.25 bits per heavy atom. The molecule has 10 heteroatoms. The van der Waals surface area contributed by atoms with Crippen molar-refractivity contribution in [2.24, 2.45) is 4.99 Å². The Morgan fingerprint density at radius 2 is 1.96 bits per heavy atom. The molecule has 1 N–H and O–H groups in total. The SMILES string of the molecule is COc1ccc(CN2C(=NC(=O)CCCC(=O)O)S[C@H]3CS(=O)(=O)C[C@H]32)cc1. The molecule has 8 nitrogen and oxygen atoms in total. The molecule has 2 saturated heterocycles. The molecule has 0 bridgehead atoms. The number of aliphatic imine (C=N–C) groups is 1. The van der Waals surface area contributed by atoms with E-state index in [1.165, 1.54) is 11.8 Å². The Bertz CT molecular complexity index is 882. The number of thioether (sulfide) groups is 1. The molecule has 0 saturated carbocycles. The molecule has 28 heavy (non-hydrogen) atoms. The van der Waals surface area contributed by atoms with Crippen molar-refractivity contribution in [1.82, 2.24) is 4.90 Å². The Morgan fingerprint density at radius 3 is 2.61 bits per heavy atom. The van der Waals surface area contributed by atoms with Crippen LogP contribution in [0.3, 0.4) is 0 Å². The number of ether oxygens (including phenoxy) is 1. The van der Waals surface area contributed by atoms with E-state index in [0.29, 0.717) is 11.7 Å². The number of nitrogens with zero attached hydrogens (tertiary/aromatic N) is 2. The third kappa shape index (κ3) is 5.05. The smallest absolute Gasteiger partial charge is 0.303 e. The Balaban J connectivity index is 1.76. The van der Waals surface area contributed by atoms with Crippen LogP contribution >= 0.6 is 11.8 Å². The number of carbonyl (C=O) groups excluding carboxylic acids is 1. The summed E-state index contributed by atoms with van der Waals surface area (Å²) < 4.78 is 29.2. The second-order valence-electron chi connectivity index (χ2n) is 6.81. The van der Waals surface area contributed by atoms with Gasteiger partial charge < -0.3 is 14.7 Å². The number of fused-ring (bicyclic) bond motifs is 1. The highest BCUT2D eigenvalue weighted by Gasteiger charge is 2.48. The zero-order valence-electron chi connectivity index (χ0n) is 15.4. The third-order valence-corrected chi connectivity index (χ3v) is 7.94. The maximum absolute atomic E-state index is 12.2. The lowest BCUT2D eigenvalue weighted by Gasteiger charge is -2.24. The molecule has 3 rings (SSSR count). The summed E-state index contributed by atoms with van der Waals surface area (Å²) in [6, 6.07) is 7.23. The first-order chi connectivity index (χ1) is 13.3. The normalized spacial score (nSPS) is 24.3. The summed E-state index contributed by atoms with van der Waals surface area (Å²) in [5.74, 6) is -0.480. The number of rotatable bonds is 7. The first kappa shape index (κ1) is 20.7. The molecule has 1 aromatic rings. The fraction of sp³-hybridized carbons (Fsp3) is 0.500. The van der Waals surface area contributed by atoms with Gasteiger partial charge in [-0.05, 0) is 24.1 Å². The Labute approximate surface area is 167 Å². The van der Waals surface area contributed by atoms with Gasteiger partial charge in [-0.15, -0.1) is 0 Å². The van der Waals surface area contributed by atoms with Crippen LogP contribution in [-0.2, 0) is 26.0 Å². The first-order valence-corrected chi connectivity index (χ1v) is 11.6. The number of carbonyl (C=O) groups is 2. The number of amidine groups is 1. The van der Waals surface area contributed by atoms with Gasteiger partial charge >= 0.3 is 5.97 Å². The summed E-state index contributed by atoms with van der Waals surface area (Å²) in [5, 5.41) is 9.06. The van der Waals surface area contributed by atoms with Crippen LogP contribution in [0, 0.1) is 0 Å². The third-order valence-electron chi connectivity index (χ3n) is 4.69. The number of sulfone groups is 1. The summed E-state index contributed by atoms with van der Waals surface area (Å²) in [4.78, 5) is 28.8. The highest BCUT2D eigenvalue weighted by molar-refractivity contribution is 8.15. The zero-order valence-corrected chi connectivity index (χ0v) is 17.0. The molecule has 2 atom stereocenters. The average molecular weight is 427 g/mol. The quantitative estimate of drug-likeness (QED) is 0.699. The summed E-state index contributed by atoms with van der Waals surface area (Å²) in [7, 11) is -1.52. The molecule has 1 amide bonds. The van der Waals surface area contributed by atoms with Crippen molar-refractivity contribution in [3.8, 4) is 5.75 Å². The van der Waals surface area contributed by atoms with Crippen LogP contribution in [0.1, 0.15) is 24.8 Å². The largest absolute Gasteiger partial charge is 0.497 e. The van der Waals surface area contributed by atoms with Gasteiger partial charge in [0.05, 0.1) is 24.7 Å². The predicted octanol–water partition coefficient (Wildman–Crippen LogP) is 1.55. The van der Waals surface area contributed by atoms with Gasteiger partial charge in [0.2, 0.25) is 5.91 Å². The fourth-order valence-electron chi connectivity index (χ4n) is 3.30. The Kier molecular flexibility index (Phi) is 6.29. The molecule has 1 aromatic carbocycles. The summed E-state index contributed by atoms with van der Waals surface area (Å²) in [5.41, 5.74) is 0.956. The van der Waals surface area contributed by atoms with E-state index < -0.39 is 15.8 Å². The van der Waals surface area contributed by atoms with Crippen LogP contribution in [0.4, 0.5) is 0 Å². The van der Waals surface area contributed by atoms with Crippen LogP contribution in [0.25, 0.3) is 0 Å². The summed E-state index contributed by atoms with van der Waals surface area (Å²) in [6.07, 6.45) is 0.207. The van der Waals surface area contributed by atoms with E-state index >= 15 is 0 Å². The lowest BCUT2D eigenvalue weighted by molar-refractivity contribution is -0.137. The number of carboxylic acid groups (broad SMARTS) is 1. The van der Waals surface area contributed by atoms with Crippen molar-refractivity contribution in [1.29, 1.82) is 0 Å². The number of methoxy groups -OCH3 is 1. The van der Waals surface area contributed by atoms with Crippen molar-refractivity contribution >= 4 is 38.6 Å². The standard InChI is InChI=1S/C18H22N2O6S2/c1-26-13-7-5-12(6-8-13)9-20-14-10-28(24,25)11-15(14)27-18(20)19-16(21)3-2-4-17(22)23/h5-8,14-15H,2-4,9-11H2,1H3,(H,22,23)/t14-,15+/m1/s1. The van der Waals surface area contributed by atoms with Crippen LogP contribution in [0.5, 0.6) is 5.75 Å². The summed E-state index contributed by atoms with van der Waals surface area (Å²) in [6.45, 7) is 0.439. The molecule has 0 spiro atoms. The van der Waals surface area contributed by atoms with Gasteiger partial charge in [-0.1, -0.05) is 23.9 Å². The van der Waals surface area contributed by atoms with Crippen molar-refractivity contribution in [2.45, 2.75) is 37.1 Å². The molecule has 2 fully saturated rings. The minimum Gasteiger partial charge on any atom is -0.497 e. The molecule has 0 aromatic heterocycles. The lowest BCUT2D eigenvalue weighted by atomic mass is 10.1. The van der Waals surface area contributed by atoms with Crippen molar-refractivity contribution in [3.05, 3.63) is 29.8 Å². The van der Waals surface area contributed by atoms with E-state index in [0.717, 1.165) is 11.3 Å². The van der Waals surface area contributed by atoms with E-state index in [9.17, 15) is 18.0 Å². The van der Waals surface area contributed by atoms with Crippen LogP contribution in [0.2, 0.25) is 0 Å². The highest BCUT2D eigenvalue weighted by atomic mass is 32.2. The van der Waals surface area contributed by atoms with Crippen molar-refractivity contribution < 1.29 is 27.9 Å². The van der Waals surface area contributed by atoms with Crippen LogP contribution in [-0.4, -0.2) is 65.4 Å². The topological polar surface area (TPSA) is 113 Å². The van der Waals surface area contributed by atoms with E-state index in [4.69, 9.17) is 9.84 Å². The average Bonchev–Trinajstić information content (AvgIpc) is 3.07. The van der Waals surface area contributed by atoms with Gasteiger partial charge in [0, 0.05) is 24.6 Å². The molecule has 0 aliphatic carbocycles. The number of carboxylic acids is 1. The minimum atomic E-state index is -3.10. The lowest BCUT2D eigenvalue weighted by Crippen LogP contribution is -2.37. The van der Waals surface area contributed by atoms with E-state index in [1.807, 2.05) is 29.2 Å². The van der Waals surface area contributed by atoms with E-state index in [1.54, 1.807) is 7.11 Å². The van der Waals surface area contributed by atoms with Crippen molar-refractivity contribution in [3.63, 3.8) is 0 Å². The number of aliphatic carboxylic acids is 1. The molecular weight excluding hydrogens is 404 g/mol. The second-order valence-corrected chi connectivity index (χ2v) is 10.2. The monoisotopic (exact) mass is 426 g/mol. The molecule has 2 aliphatic heterocycles. The molecule has 0 radical (unpaired) electrons. The fourth-order valence-corrected chi connectivity index (χ4v) is 7.27. The highest BCUT2D eigenvalue weighted by Crippen LogP contribution is 2.39.